The first-order valence-electron chi connectivity index (χ1n) is 4.15. The lowest BCUT2D eigenvalue weighted by Gasteiger charge is -2.06. The van der Waals surface area contributed by atoms with E-state index in [9.17, 15) is 0 Å². The van der Waals surface area contributed by atoms with Gasteiger partial charge >= 0.3 is 0 Å². The van der Waals surface area contributed by atoms with Crippen molar-refractivity contribution >= 4 is 0 Å². The van der Waals surface area contributed by atoms with Crippen LogP contribution in [0, 0.1) is 6.92 Å². The first-order chi connectivity index (χ1) is 5.38. The molecule has 1 aromatic rings. The van der Waals surface area contributed by atoms with Crippen molar-refractivity contribution in [2.24, 2.45) is 0 Å². The second-order valence-electron chi connectivity index (χ2n) is 3.12. The standard InChI is InChI=1S/C9H13NO/c1-7-4-6-11-9(7)8-3-2-5-10-8/h4,6,8,10H,2-3,5H2,1H3/t8-/m1/s1. The Morgan fingerprint density at radius 1 is 1.64 bits per heavy atom. The van der Waals surface area contributed by atoms with Crippen LogP contribution in [0.4, 0.5) is 0 Å². The maximum absolute atomic E-state index is 5.39. The van der Waals surface area contributed by atoms with Crippen molar-refractivity contribution in [3.63, 3.8) is 0 Å². The number of rotatable bonds is 1. The number of nitrogens with one attached hydrogen (secondary N) is 1. The third-order valence-corrected chi connectivity index (χ3v) is 2.28. The fraction of sp³-hybridized carbons (Fsp3) is 0.556. The molecule has 0 unspecified atom stereocenters. The zero-order chi connectivity index (χ0) is 7.68. The van der Waals surface area contributed by atoms with Gasteiger partial charge in [-0.2, -0.15) is 0 Å². The predicted molar refractivity (Wildman–Crippen MR) is 43.4 cm³/mol. The SMILES string of the molecule is Cc1ccoc1[C@H]1CCCN1. The monoisotopic (exact) mass is 151 g/mol. The van der Waals surface area contributed by atoms with Crippen molar-refractivity contribution < 1.29 is 4.42 Å². The molecular formula is C9H13NO. The van der Waals surface area contributed by atoms with E-state index in [0.717, 1.165) is 12.3 Å². The van der Waals surface area contributed by atoms with Gasteiger partial charge in [-0.3, -0.25) is 0 Å². The third kappa shape index (κ3) is 1.18. The molecule has 1 N–H and O–H groups in total. The summed E-state index contributed by atoms with van der Waals surface area (Å²) >= 11 is 0. The van der Waals surface area contributed by atoms with E-state index in [1.165, 1.54) is 18.4 Å². The molecule has 11 heavy (non-hydrogen) atoms. The molecule has 60 valence electrons. The first kappa shape index (κ1) is 6.92. The minimum absolute atomic E-state index is 0.477. The van der Waals surface area contributed by atoms with Crippen LogP contribution >= 0.6 is 0 Å². The van der Waals surface area contributed by atoms with E-state index in [4.69, 9.17) is 4.42 Å². The van der Waals surface area contributed by atoms with Crippen molar-refractivity contribution in [3.05, 3.63) is 23.7 Å². The quantitative estimate of drug-likeness (QED) is 0.664. The third-order valence-electron chi connectivity index (χ3n) is 2.28. The van der Waals surface area contributed by atoms with Crippen LogP contribution < -0.4 is 5.32 Å². The van der Waals surface area contributed by atoms with Crippen LogP contribution in [-0.2, 0) is 0 Å². The van der Waals surface area contributed by atoms with Gasteiger partial charge in [0.2, 0.25) is 0 Å². The van der Waals surface area contributed by atoms with Gasteiger partial charge in [0.25, 0.3) is 0 Å². The molecule has 0 saturated carbocycles. The molecule has 2 heteroatoms. The van der Waals surface area contributed by atoms with Crippen LogP contribution in [0.15, 0.2) is 16.7 Å². The van der Waals surface area contributed by atoms with Gasteiger partial charge in [-0.25, -0.2) is 0 Å². The summed E-state index contributed by atoms with van der Waals surface area (Å²) < 4.78 is 5.39. The summed E-state index contributed by atoms with van der Waals surface area (Å²) in [7, 11) is 0. The second kappa shape index (κ2) is 2.70. The maximum Gasteiger partial charge on any atom is 0.123 e. The lowest BCUT2D eigenvalue weighted by molar-refractivity contribution is 0.443. The highest BCUT2D eigenvalue weighted by molar-refractivity contribution is 5.18. The molecule has 1 aromatic heterocycles. The van der Waals surface area contributed by atoms with E-state index in [0.29, 0.717) is 6.04 Å². The van der Waals surface area contributed by atoms with Crippen LogP contribution in [0.25, 0.3) is 0 Å². The average molecular weight is 151 g/mol. The number of hydrogen-bond donors (Lipinski definition) is 1. The van der Waals surface area contributed by atoms with E-state index < -0.39 is 0 Å². The first-order valence-corrected chi connectivity index (χ1v) is 4.15. The summed E-state index contributed by atoms with van der Waals surface area (Å²) in [6, 6.07) is 2.50. The Hall–Kier alpha value is -0.760. The Morgan fingerprint density at radius 3 is 3.09 bits per heavy atom. The number of furan rings is 1. The molecular weight excluding hydrogens is 138 g/mol. The summed E-state index contributed by atoms with van der Waals surface area (Å²) in [4.78, 5) is 0. The number of hydrogen-bond acceptors (Lipinski definition) is 2. The Balaban J connectivity index is 2.21. The van der Waals surface area contributed by atoms with Crippen molar-refractivity contribution in [1.82, 2.24) is 5.32 Å². The fourth-order valence-electron chi connectivity index (χ4n) is 1.65. The van der Waals surface area contributed by atoms with Gasteiger partial charge in [0.15, 0.2) is 0 Å². The lowest BCUT2D eigenvalue weighted by Crippen LogP contribution is -2.12. The largest absolute Gasteiger partial charge is 0.467 e. The molecule has 0 aromatic carbocycles. The van der Waals surface area contributed by atoms with E-state index in [1.807, 2.05) is 6.07 Å². The maximum atomic E-state index is 5.39. The van der Waals surface area contributed by atoms with E-state index in [-0.39, 0.29) is 0 Å². The summed E-state index contributed by atoms with van der Waals surface area (Å²) in [5.41, 5.74) is 1.27. The number of aryl methyl sites for hydroxylation is 1. The Labute approximate surface area is 66.6 Å². The highest BCUT2D eigenvalue weighted by Gasteiger charge is 2.20. The van der Waals surface area contributed by atoms with E-state index in [1.54, 1.807) is 6.26 Å². The molecule has 1 aliphatic rings. The highest BCUT2D eigenvalue weighted by Crippen LogP contribution is 2.25. The summed E-state index contributed by atoms with van der Waals surface area (Å²) in [5.74, 6) is 1.13. The lowest BCUT2D eigenvalue weighted by atomic mass is 10.1. The normalized spacial score (nSPS) is 24.3. The van der Waals surface area contributed by atoms with Gasteiger partial charge in [-0.05, 0) is 37.9 Å². The summed E-state index contributed by atoms with van der Waals surface area (Å²) in [5, 5.41) is 3.41. The molecule has 0 aliphatic carbocycles. The van der Waals surface area contributed by atoms with Crippen LogP contribution in [0.1, 0.15) is 30.2 Å². The van der Waals surface area contributed by atoms with Gasteiger partial charge in [0, 0.05) is 0 Å². The van der Waals surface area contributed by atoms with Crippen LogP contribution in [0.3, 0.4) is 0 Å². The molecule has 2 heterocycles. The van der Waals surface area contributed by atoms with Crippen LogP contribution in [-0.4, -0.2) is 6.54 Å². The van der Waals surface area contributed by atoms with Crippen LogP contribution in [0.5, 0.6) is 0 Å². The molecule has 1 saturated heterocycles. The van der Waals surface area contributed by atoms with E-state index >= 15 is 0 Å². The molecule has 0 radical (unpaired) electrons. The molecule has 2 rings (SSSR count). The molecule has 0 bridgehead atoms. The summed E-state index contributed by atoms with van der Waals surface area (Å²) in [6.45, 7) is 3.23. The van der Waals surface area contributed by atoms with Crippen molar-refractivity contribution in [1.29, 1.82) is 0 Å². The Bertz CT molecular complexity index is 235. The van der Waals surface area contributed by atoms with Gasteiger partial charge in [-0.15, -0.1) is 0 Å². The Kier molecular flexibility index (Phi) is 1.70. The van der Waals surface area contributed by atoms with Gasteiger partial charge in [0.1, 0.15) is 5.76 Å². The minimum Gasteiger partial charge on any atom is -0.467 e. The molecule has 0 spiro atoms. The minimum atomic E-state index is 0.477. The van der Waals surface area contributed by atoms with Gasteiger partial charge < -0.3 is 9.73 Å². The molecule has 1 aliphatic heterocycles. The smallest absolute Gasteiger partial charge is 0.123 e. The summed E-state index contributed by atoms with van der Waals surface area (Å²) in [6.07, 6.45) is 4.25. The molecule has 1 fully saturated rings. The zero-order valence-electron chi connectivity index (χ0n) is 6.76. The molecule has 1 atom stereocenters. The van der Waals surface area contributed by atoms with Crippen molar-refractivity contribution in [2.75, 3.05) is 6.54 Å². The van der Waals surface area contributed by atoms with Crippen molar-refractivity contribution in [2.45, 2.75) is 25.8 Å². The topological polar surface area (TPSA) is 25.2 Å². The average Bonchev–Trinajstić information content (AvgIpc) is 2.55. The van der Waals surface area contributed by atoms with Gasteiger partial charge in [-0.1, -0.05) is 0 Å². The van der Waals surface area contributed by atoms with Crippen LogP contribution in [0.2, 0.25) is 0 Å². The van der Waals surface area contributed by atoms with Crippen molar-refractivity contribution in [3.8, 4) is 0 Å². The second-order valence-corrected chi connectivity index (χ2v) is 3.12. The predicted octanol–water partition coefficient (Wildman–Crippen LogP) is 2.01. The van der Waals surface area contributed by atoms with E-state index in [2.05, 4.69) is 12.2 Å². The molecule has 0 amide bonds. The zero-order valence-corrected chi connectivity index (χ0v) is 6.76. The van der Waals surface area contributed by atoms with Gasteiger partial charge in [0.05, 0.1) is 12.3 Å². The highest BCUT2D eigenvalue weighted by atomic mass is 16.3. The Morgan fingerprint density at radius 2 is 2.55 bits per heavy atom. The molecule has 2 nitrogen and oxygen atoms in total. The fourth-order valence-corrected chi connectivity index (χ4v) is 1.65.